The third-order valence-corrected chi connectivity index (χ3v) is 7.28. The van der Waals surface area contributed by atoms with Crippen molar-refractivity contribution in [2.45, 2.75) is 63.5 Å². The molecule has 2 aliphatic heterocycles. The second kappa shape index (κ2) is 12.8. The van der Waals surface area contributed by atoms with Crippen LogP contribution >= 0.6 is 0 Å². The van der Waals surface area contributed by atoms with Crippen LogP contribution < -0.4 is 9.64 Å². The topological polar surface area (TPSA) is 93.5 Å². The minimum absolute atomic E-state index is 0.798. The minimum Gasteiger partial charge on any atom is -0.495 e. The van der Waals surface area contributed by atoms with Crippen LogP contribution in [0.15, 0.2) is 24.3 Å². The quantitative estimate of drug-likeness (QED) is 0.522. The van der Waals surface area contributed by atoms with Crippen LogP contribution in [-0.4, -0.2) is 90.4 Å². The van der Waals surface area contributed by atoms with E-state index in [1.54, 1.807) is 7.11 Å². The number of hydrogen-bond donors (Lipinski definition) is 2. The fourth-order valence-corrected chi connectivity index (χ4v) is 5.46. The number of para-hydroxylation sites is 2. The Bertz CT molecular complexity index is 738. The number of rotatable bonds is 4. The third kappa shape index (κ3) is 7.33. The molecule has 2 N–H and O–H groups in total. The van der Waals surface area contributed by atoms with Gasteiger partial charge in [0.15, 0.2) is 0 Å². The van der Waals surface area contributed by atoms with Crippen LogP contribution in [0.25, 0.3) is 0 Å². The molecule has 2 saturated heterocycles. The molecule has 2 heterocycles. The van der Waals surface area contributed by atoms with E-state index in [9.17, 15) is 0 Å². The van der Waals surface area contributed by atoms with Crippen molar-refractivity contribution in [2.75, 3.05) is 51.3 Å². The van der Waals surface area contributed by atoms with E-state index in [0.717, 1.165) is 30.9 Å². The number of carboxylic acids is 2. The molecule has 3 aliphatic rings. The summed E-state index contributed by atoms with van der Waals surface area (Å²) in [5.74, 6) is -2.65. The molecule has 184 valence electrons. The van der Waals surface area contributed by atoms with Crippen LogP contribution in [0.4, 0.5) is 5.69 Å². The maximum absolute atomic E-state index is 9.10. The van der Waals surface area contributed by atoms with E-state index in [-0.39, 0.29) is 0 Å². The number of hydrogen-bond acceptors (Lipinski definition) is 6. The lowest BCUT2D eigenvalue weighted by Gasteiger charge is -2.45. The molecule has 0 radical (unpaired) electrons. The van der Waals surface area contributed by atoms with Gasteiger partial charge >= 0.3 is 11.9 Å². The molecule has 1 saturated carbocycles. The average molecular weight is 462 g/mol. The number of ether oxygens (including phenoxy) is 1. The summed E-state index contributed by atoms with van der Waals surface area (Å²) in [5.41, 5.74) is 1.25. The highest BCUT2D eigenvalue weighted by atomic mass is 16.5. The van der Waals surface area contributed by atoms with Gasteiger partial charge in [0.25, 0.3) is 0 Å². The van der Waals surface area contributed by atoms with Crippen LogP contribution in [0, 0.1) is 0 Å². The lowest BCUT2D eigenvalue weighted by molar-refractivity contribution is -0.159. The van der Waals surface area contributed by atoms with E-state index in [0.29, 0.717) is 0 Å². The first kappa shape index (κ1) is 25.3. The molecule has 0 bridgehead atoms. The van der Waals surface area contributed by atoms with Crippen molar-refractivity contribution in [1.29, 1.82) is 0 Å². The zero-order valence-electron chi connectivity index (χ0n) is 19.8. The number of piperazine rings is 1. The Labute approximate surface area is 197 Å². The molecule has 3 fully saturated rings. The number of likely N-dealkylation sites (tertiary alicyclic amines) is 1. The largest absolute Gasteiger partial charge is 0.495 e. The van der Waals surface area contributed by atoms with Crippen molar-refractivity contribution in [3.8, 4) is 5.75 Å². The van der Waals surface area contributed by atoms with Crippen molar-refractivity contribution in [1.82, 2.24) is 9.80 Å². The highest BCUT2D eigenvalue weighted by Crippen LogP contribution is 2.30. The molecule has 0 aromatic heterocycles. The first-order valence-electron chi connectivity index (χ1n) is 12.3. The Morgan fingerprint density at radius 3 is 1.82 bits per heavy atom. The summed E-state index contributed by atoms with van der Waals surface area (Å²) >= 11 is 0. The average Bonchev–Trinajstić information content (AvgIpc) is 3.14. The lowest BCUT2D eigenvalue weighted by Crippen LogP contribution is -2.54. The van der Waals surface area contributed by atoms with Gasteiger partial charge in [-0.05, 0) is 50.9 Å². The number of carboxylic acid groups (broad SMARTS) is 2. The number of carbonyl (C=O) groups is 2. The summed E-state index contributed by atoms with van der Waals surface area (Å²) < 4.78 is 5.56. The highest BCUT2D eigenvalue weighted by Gasteiger charge is 2.30. The zero-order valence-corrected chi connectivity index (χ0v) is 19.8. The van der Waals surface area contributed by atoms with Crippen LogP contribution in [0.2, 0.25) is 0 Å². The molecule has 0 atom stereocenters. The summed E-state index contributed by atoms with van der Waals surface area (Å²) in [6, 6.07) is 10.1. The molecule has 0 amide bonds. The molecule has 0 spiro atoms. The van der Waals surface area contributed by atoms with Crippen LogP contribution in [0.3, 0.4) is 0 Å². The van der Waals surface area contributed by atoms with Crippen LogP contribution in [0.5, 0.6) is 5.75 Å². The number of piperidine rings is 1. The lowest BCUT2D eigenvalue weighted by atomic mass is 9.98. The minimum atomic E-state index is -1.82. The standard InChI is InChI=1S/C23H37N3O.C2H2O4/c1-27-23-11-7-6-10-22(23)26-18-16-25(17-19-26)21-12-14-24(15-13-21)20-8-4-2-3-5-9-20;3-1(4)2(5)6/h6-7,10-11,20-21H,2-5,8-9,12-19H2,1H3;(H,3,4)(H,5,6). The molecular formula is C25H39N3O5. The van der Waals surface area contributed by atoms with Gasteiger partial charge < -0.3 is 24.7 Å². The van der Waals surface area contributed by atoms with Gasteiger partial charge in [-0.3, -0.25) is 4.90 Å². The zero-order chi connectivity index (χ0) is 23.6. The molecule has 1 aromatic carbocycles. The molecule has 4 rings (SSSR count). The molecular weight excluding hydrogens is 422 g/mol. The number of nitrogens with zero attached hydrogens (tertiary/aromatic N) is 3. The van der Waals surface area contributed by atoms with Gasteiger partial charge in [-0.1, -0.05) is 37.8 Å². The predicted octanol–water partition coefficient (Wildman–Crippen LogP) is 3.16. The molecule has 1 aromatic rings. The molecule has 1 aliphatic carbocycles. The maximum atomic E-state index is 9.10. The van der Waals surface area contributed by atoms with E-state index in [4.69, 9.17) is 24.5 Å². The van der Waals surface area contributed by atoms with Crippen molar-refractivity contribution in [2.24, 2.45) is 0 Å². The highest BCUT2D eigenvalue weighted by molar-refractivity contribution is 6.27. The fourth-order valence-electron chi connectivity index (χ4n) is 5.46. The SMILES string of the molecule is COc1ccccc1N1CCN(C2CCN(C3CCCCCC3)CC2)CC1.O=C(O)C(=O)O. The number of aliphatic carboxylic acids is 2. The molecule has 33 heavy (non-hydrogen) atoms. The Hall–Kier alpha value is -2.32. The van der Waals surface area contributed by atoms with Gasteiger partial charge in [-0.2, -0.15) is 0 Å². The van der Waals surface area contributed by atoms with Crippen molar-refractivity contribution < 1.29 is 24.5 Å². The van der Waals surface area contributed by atoms with E-state index in [1.165, 1.54) is 83.2 Å². The van der Waals surface area contributed by atoms with Gasteiger partial charge in [0.1, 0.15) is 5.75 Å². The van der Waals surface area contributed by atoms with Crippen LogP contribution in [-0.2, 0) is 9.59 Å². The fraction of sp³-hybridized carbons (Fsp3) is 0.680. The van der Waals surface area contributed by atoms with Gasteiger partial charge in [0.2, 0.25) is 0 Å². The normalized spacial score (nSPS) is 21.5. The Morgan fingerprint density at radius 2 is 1.27 bits per heavy atom. The second-order valence-corrected chi connectivity index (χ2v) is 9.22. The molecule has 8 nitrogen and oxygen atoms in total. The Kier molecular flexibility index (Phi) is 9.81. The summed E-state index contributed by atoms with van der Waals surface area (Å²) in [7, 11) is 1.77. The first-order chi connectivity index (χ1) is 16.0. The number of benzene rings is 1. The molecule has 8 heteroatoms. The first-order valence-corrected chi connectivity index (χ1v) is 12.3. The van der Waals surface area contributed by atoms with Gasteiger partial charge in [0.05, 0.1) is 12.8 Å². The van der Waals surface area contributed by atoms with Crippen molar-refractivity contribution in [3.05, 3.63) is 24.3 Å². The van der Waals surface area contributed by atoms with E-state index in [2.05, 4.69) is 39.0 Å². The van der Waals surface area contributed by atoms with E-state index < -0.39 is 11.9 Å². The van der Waals surface area contributed by atoms with E-state index >= 15 is 0 Å². The van der Waals surface area contributed by atoms with Gasteiger partial charge in [-0.15, -0.1) is 0 Å². The molecule has 0 unspecified atom stereocenters. The second-order valence-electron chi connectivity index (χ2n) is 9.22. The third-order valence-electron chi connectivity index (χ3n) is 7.28. The van der Waals surface area contributed by atoms with Crippen molar-refractivity contribution >= 4 is 17.6 Å². The monoisotopic (exact) mass is 461 g/mol. The Morgan fingerprint density at radius 1 is 0.758 bits per heavy atom. The summed E-state index contributed by atoms with van der Waals surface area (Å²) in [6.07, 6.45) is 11.5. The number of methoxy groups -OCH3 is 1. The van der Waals surface area contributed by atoms with E-state index in [1.807, 2.05) is 0 Å². The van der Waals surface area contributed by atoms with Crippen molar-refractivity contribution in [3.63, 3.8) is 0 Å². The summed E-state index contributed by atoms with van der Waals surface area (Å²) in [5, 5.41) is 14.8. The summed E-state index contributed by atoms with van der Waals surface area (Å²) in [6.45, 7) is 7.24. The van der Waals surface area contributed by atoms with Crippen LogP contribution in [0.1, 0.15) is 51.4 Å². The smallest absolute Gasteiger partial charge is 0.414 e. The van der Waals surface area contributed by atoms with Gasteiger partial charge in [-0.25, -0.2) is 9.59 Å². The Balaban J connectivity index is 0.000000454. The summed E-state index contributed by atoms with van der Waals surface area (Å²) in [4.78, 5) is 26.3. The number of anilines is 1. The van der Waals surface area contributed by atoms with Gasteiger partial charge in [0, 0.05) is 38.3 Å². The predicted molar refractivity (Wildman–Crippen MR) is 128 cm³/mol. The maximum Gasteiger partial charge on any atom is 0.414 e.